The maximum Gasteiger partial charge on any atom is 0.246 e. The molecule has 5 heteroatoms. The third kappa shape index (κ3) is 4.22. The number of anilines is 1. The second kappa shape index (κ2) is 8.21. The topological polar surface area (TPSA) is 56.6 Å². The predicted octanol–water partition coefficient (Wildman–Crippen LogP) is 2.93. The van der Waals surface area contributed by atoms with Gasteiger partial charge in [0.1, 0.15) is 5.75 Å². The Bertz CT molecular complexity index is 829. The number of rotatable bonds is 4. The summed E-state index contributed by atoms with van der Waals surface area (Å²) in [6.45, 7) is 2.97. The van der Waals surface area contributed by atoms with Gasteiger partial charge in [-0.05, 0) is 35.9 Å². The van der Waals surface area contributed by atoms with Crippen molar-refractivity contribution in [1.29, 1.82) is 5.26 Å². The van der Waals surface area contributed by atoms with Gasteiger partial charge in [-0.3, -0.25) is 4.79 Å². The van der Waals surface area contributed by atoms with E-state index >= 15 is 0 Å². The molecule has 1 aliphatic heterocycles. The highest BCUT2D eigenvalue weighted by Crippen LogP contribution is 2.22. The van der Waals surface area contributed by atoms with Crippen molar-refractivity contribution in [3.63, 3.8) is 0 Å². The maximum atomic E-state index is 12.4. The summed E-state index contributed by atoms with van der Waals surface area (Å²) in [5, 5.41) is 8.81. The summed E-state index contributed by atoms with van der Waals surface area (Å²) in [5.41, 5.74) is 2.64. The molecule has 1 amide bonds. The SMILES string of the molecule is COc1cccc(N2CCN(C(=O)/C=C/c3ccc(C#N)cc3)CC2)c1. The van der Waals surface area contributed by atoms with Gasteiger partial charge < -0.3 is 14.5 Å². The van der Waals surface area contributed by atoms with Gasteiger partial charge in [0.2, 0.25) is 5.91 Å². The summed E-state index contributed by atoms with van der Waals surface area (Å²) in [7, 11) is 1.66. The highest BCUT2D eigenvalue weighted by atomic mass is 16.5. The molecular formula is C21H21N3O2. The molecule has 0 N–H and O–H groups in total. The summed E-state index contributed by atoms with van der Waals surface area (Å²) in [6.07, 6.45) is 3.39. The Morgan fingerprint density at radius 1 is 1.12 bits per heavy atom. The zero-order valence-electron chi connectivity index (χ0n) is 14.8. The van der Waals surface area contributed by atoms with Crippen LogP contribution < -0.4 is 9.64 Å². The Morgan fingerprint density at radius 2 is 1.85 bits per heavy atom. The molecule has 0 saturated carbocycles. The van der Waals surface area contributed by atoms with E-state index in [-0.39, 0.29) is 5.91 Å². The van der Waals surface area contributed by atoms with Gasteiger partial charge >= 0.3 is 0 Å². The molecule has 26 heavy (non-hydrogen) atoms. The molecule has 1 saturated heterocycles. The maximum absolute atomic E-state index is 12.4. The van der Waals surface area contributed by atoms with Crippen LogP contribution in [0, 0.1) is 11.3 Å². The first-order valence-electron chi connectivity index (χ1n) is 8.56. The molecule has 0 aliphatic carbocycles. The quantitative estimate of drug-likeness (QED) is 0.798. The molecule has 1 fully saturated rings. The fourth-order valence-corrected chi connectivity index (χ4v) is 2.93. The van der Waals surface area contributed by atoms with Gasteiger partial charge in [0.25, 0.3) is 0 Å². The van der Waals surface area contributed by atoms with E-state index in [4.69, 9.17) is 10.00 Å². The van der Waals surface area contributed by atoms with Gasteiger partial charge in [-0.2, -0.15) is 5.26 Å². The molecule has 3 rings (SSSR count). The summed E-state index contributed by atoms with van der Waals surface area (Å²) < 4.78 is 5.28. The zero-order chi connectivity index (χ0) is 18.4. The second-order valence-electron chi connectivity index (χ2n) is 6.08. The average molecular weight is 347 g/mol. The van der Waals surface area contributed by atoms with Crippen LogP contribution in [0.15, 0.2) is 54.6 Å². The second-order valence-corrected chi connectivity index (χ2v) is 6.08. The highest BCUT2D eigenvalue weighted by molar-refractivity contribution is 5.92. The first kappa shape index (κ1) is 17.6. The molecule has 5 nitrogen and oxygen atoms in total. The summed E-state index contributed by atoms with van der Waals surface area (Å²) in [6, 6.07) is 17.2. The van der Waals surface area contributed by atoms with E-state index in [0.29, 0.717) is 18.7 Å². The molecule has 0 spiro atoms. The minimum absolute atomic E-state index is 0.0136. The summed E-state index contributed by atoms with van der Waals surface area (Å²) in [5.74, 6) is 0.853. The van der Waals surface area contributed by atoms with Gasteiger partial charge in [0, 0.05) is 44.0 Å². The van der Waals surface area contributed by atoms with E-state index in [1.165, 1.54) is 0 Å². The number of benzene rings is 2. The lowest BCUT2D eigenvalue weighted by atomic mass is 10.1. The van der Waals surface area contributed by atoms with Crippen LogP contribution >= 0.6 is 0 Å². The van der Waals surface area contributed by atoms with Crippen molar-refractivity contribution in [2.24, 2.45) is 0 Å². The van der Waals surface area contributed by atoms with Crippen LogP contribution in [-0.4, -0.2) is 44.1 Å². The lowest BCUT2D eigenvalue weighted by molar-refractivity contribution is -0.126. The lowest BCUT2D eigenvalue weighted by Crippen LogP contribution is -2.48. The van der Waals surface area contributed by atoms with Crippen molar-refractivity contribution in [2.45, 2.75) is 0 Å². The van der Waals surface area contributed by atoms with Crippen LogP contribution in [0.2, 0.25) is 0 Å². The van der Waals surface area contributed by atoms with Crippen LogP contribution in [-0.2, 0) is 4.79 Å². The Kier molecular flexibility index (Phi) is 5.55. The smallest absolute Gasteiger partial charge is 0.246 e. The molecule has 1 heterocycles. The monoisotopic (exact) mass is 347 g/mol. The van der Waals surface area contributed by atoms with E-state index in [9.17, 15) is 4.79 Å². The zero-order valence-corrected chi connectivity index (χ0v) is 14.8. The molecular weight excluding hydrogens is 326 g/mol. The number of hydrogen-bond acceptors (Lipinski definition) is 4. The van der Waals surface area contributed by atoms with Crippen LogP contribution in [0.25, 0.3) is 6.08 Å². The standard InChI is InChI=1S/C21H21N3O2/c1-26-20-4-2-3-19(15-20)23-11-13-24(14-12-23)21(25)10-9-17-5-7-18(16-22)8-6-17/h2-10,15H,11-14H2,1H3/b10-9+. The lowest BCUT2D eigenvalue weighted by Gasteiger charge is -2.35. The van der Waals surface area contributed by atoms with Crippen molar-refractivity contribution in [2.75, 3.05) is 38.2 Å². The van der Waals surface area contributed by atoms with Crippen molar-refractivity contribution in [1.82, 2.24) is 4.90 Å². The van der Waals surface area contributed by atoms with Crippen molar-refractivity contribution < 1.29 is 9.53 Å². The first-order chi connectivity index (χ1) is 12.7. The molecule has 0 aromatic heterocycles. The molecule has 132 valence electrons. The van der Waals surface area contributed by atoms with E-state index in [1.54, 1.807) is 31.4 Å². The van der Waals surface area contributed by atoms with Crippen molar-refractivity contribution in [3.8, 4) is 11.8 Å². The van der Waals surface area contributed by atoms with Crippen LogP contribution in [0.3, 0.4) is 0 Å². The van der Waals surface area contributed by atoms with Crippen LogP contribution in [0.5, 0.6) is 5.75 Å². The van der Waals surface area contributed by atoms with Gasteiger partial charge in [-0.1, -0.05) is 18.2 Å². The average Bonchev–Trinajstić information content (AvgIpc) is 2.72. The Balaban J connectivity index is 1.56. The largest absolute Gasteiger partial charge is 0.497 e. The van der Waals surface area contributed by atoms with Crippen molar-refractivity contribution in [3.05, 3.63) is 65.7 Å². The number of amides is 1. The summed E-state index contributed by atoms with van der Waals surface area (Å²) in [4.78, 5) is 16.5. The van der Waals surface area contributed by atoms with Gasteiger partial charge in [-0.25, -0.2) is 0 Å². The summed E-state index contributed by atoms with van der Waals surface area (Å²) >= 11 is 0. The number of piperazine rings is 1. The number of carbonyl (C=O) groups excluding carboxylic acids is 1. The fraction of sp³-hybridized carbons (Fsp3) is 0.238. The van der Waals surface area contributed by atoms with Crippen LogP contribution in [0.1, 0.15) is 11.1 Å². The number of nitrogens with zero attached hydrogens (tertiary/aromatic N) is 3. The van der Waals surface area contributed by atoms with E-state index in [0.717, 1.165) is 30.1 Å². The van der Waals surface area contributed by atoms with Gasteiger partial charge in [0.05, 0.1) is 18.7 Å². The highest BCUT2D eigenvalue weighted by Gasteiger charge is 2.20. The van der Waals surface area contributed by atoms with E-state index < -0.39 is 0 Å². The molecule has 2 aromatic rings. The fourth-order valence-electron chi connectivity index (χ4n) is 2.93. The number of carbonyl (C=O) groups is 1. The van der Waals surface area contributed by atoms with Gasteiger partial charge in [-0.15, -0.1) is 0 Å². The molecule has 0 atom stereocenters. The molecule has 0 radical (unpaired) electrons. The number of nitriles is 1. The molecule has 0 unspecified atom stereocenters. The minimum atomic E-state index is 0.0136. The number of ether oxygens (including phenoxy) is 1. The first-order valence-corrected chi connectivity index (χ1v) is 8.56. The predicted molar refractivity (Wildman–Crippen MR) is 102 cm³/mol. The molecule has 2 aromatic carbocycles. The van der Waals surface area contributed by atoms with Crippen molar-refractivity contribution >= 4 is 17.7 Å². The Morgan fingerprint density at radius 3 is 2.50 bits per heavy atom. The van der Waals surface area contributed by atoms with Gasteiger partial charge in [0.15, 0.2) is 0 Å². The van der Waals surface area contributed by atoms with Crippen LogP contribution in [0.4, 0.5) is 5.69 Å². The third-order valence-electron chi connectivity index (χ3n) is 4.47. The molecule has 0 bridgehead atoms. The Hall–Kier alpha value is -3.26. The minimum Gasteiger partial charge on any atom is -0.497 e. The van der Waals surface area contributed by atoms with E-state index in [1.807, 2.05) is 35.2 Å². The normalized spacial score (nSPS) is 14.3. The number of hydrogen-bond donors (Lipinski definition) is 0. The molecule has 1 aliphatic rings. The van der Waals surface area contributed by atoms with E-state index in [2.05, 4.69) is 17.0 Å². The third-order valence-corrected chi connectivity index (χ3v) is 4.47. The number of methoxy groups -OCH3 is 1. The Labute approximate surface area is 153 Å².